The Balaban J connectivity index is 2.33. The number of rotatable bonds is 7. The van der Waals surface area contributed by atoms with E-state index in [0.29, 0.717) is 13.2 Å². The fourth-order valence-corrected chi connectivity index (χ4v) is 2.28. The lowest BCUT2D eigenvalue weighted by atomic mass is 10.1. The van der Waals surface area contributed by atoms with Crippen molar-refractivity contribution in [1.82, 2.24) is 9.55 Å². The van der Waals surface area contributed by atoms with Gasteiger partial charge in [0.05, 0.1) is 19.3 Å². The maximum atomic E-state index is 6.35. The Morgan fingerprint density at radius 1 is 1.14 bits per heavy atom. The van der Waals surface area contributed by atoms with Crippen molar-refractivity contribution in [3.8, 4) is 11.5 Å². The van der Waals surface area contributed by atoms with Gasteiger partial charge in [-0.05, 0) is 38.5 Å². The smallest absolute Gasteiger partial charge is 0.161 e. The highest BCUT2D eigenvalue weighted by molar-refractivity contribution is 5.45. The summed E-state index contributed by atoms with van der Waals surface area (Å²) in [7, 11) is 0. The molecule has 2 aromatic rings. The van der Waals surface area contributed by atoms with Crippen LogP contribution in [-0.2, 0) is 6.54 Å². The maximum Gasteiger partial charge on any atom is 0.161 e. The second-order valence-corrected chi connectivity index (χ2v) is 4.62. The number of hydrogen-bond acceptors (Lipinski definition) is 4. The van der Waals surface area contributed by atoms with Gasteiger partial charge in [-0.15, -0.1) is 0 Å². The summed E-state index contributed by atoms with van der Waals surface area (Å²) in [5.74, 6) is 2.32. The van der Waals surface area contributed by atoms with Crippen molar-refractivity contribution in [2.75, 3.05) is 13.2 Å². The van der Waals surface area contributed by atoms with Gasteiger partial charge in [0, 0.05) is 18.9 Å². The third kappa shape index (κ3) is 3.36. The molecule has 5 nitrogen and oxygen atoms in total. The van der Waals surface area contributed by atoms with E-state index in [0.717, 1.165) is 29.4 Å². The molecule has 0 aliphatic rings. The minimum atomic E-state index is -0.283. The summed E-state index contributed by atoms with van der Waals surface area (Å²) < 4.78 is 13.3. The molecule has 21 heavy (non-hydrogen) atoms. The van der Waals surface area contributed by atoms with Gasteiger partial charge in [-0.25, -0.2) is 4.98 Å². The van der Waals surface area contributed by atoms with Crippen LogP contribution in [0.3, 0.4) is 0 Å². The molecule has 0 spiro atoms. The van der Waals surface area contributed by atoms with Crippen LogP contribution in [0.1, 0.15) is 38.2 Å². The normalized spacial score (nSPS) is 12.2. The zero-order valence-corrected chi connectivity index (χ0v) is 12.9. The van der Waals surface area contributed by atoms with Crippen LogP contribution in [0.2, 0.25) is 0 Å². The Hall–Kier alpha value is -2.01. The monoisotopic (exact) mass is 289 g/mol. The molecule has 5 heteroatoms. The molecule has 1 aromatic carbocycles. The third-order valence-corrected chi connectivity index (χ3v) is 3.29. The molecule has 2 N–H and O–H groups in total. The lowest BCUT2D eigenvalue weighted by molar-refractivity contribution is 0.287. The molecule has 0 aliphatic heterocycles. The van der Waals surface area contributed by atoms with Crippen molar-refractivity contribution in [3.63, 3.8) is 0 Å². The SMILES string of the molecule is CCOc1ccc(C(N)c2nccn2CC)cc1OCC. The van der Waals surface area contributed by atoms with Gasteiger partial charge in [0.25, 0.3) is 0 Å². The zero-order valence-electron chi connectivity index (χ0n) is 12.9. The Bertz CT molecular complexity index is 581. The highest BCUT2D eigenvalue weighted by Gasteiger charge is 2.16. The third-order valence-electron chi connectivity index (χ3n) is 3.29. The van der Waals surface area contributed by atoms with Crippen molar-refractivity contribution < 1.29 is 9.47 Å². The zero-order chi connectivity index (χ0) is 15.2. The van der Waals surface area contributed by atoms with E-state index >= 15 is 0 Å². The number of ether oxygens (including phenoxy) is 2. The van der Waals surface area contributed by atoms with E-state index in [-0.39, 0.29) is 6.04 Å². The molecule has 0 saturated heterocycles. The van der Waals surface area contributed by atoms with Crippen LogP contribution in [0.15, 0.2) is 30.6 Å². The average Bonchev–Trinajstić information content (AvgIpc) is 2.97. The molecule has 1 unspecified atom stereocenters. The van der Waals surface area contributed by atoms with Gasteiger partial charge in [-0.2, -0.15) is 0 Å². The first-order valence-electron chi connectivity index (χ1n) is 7.37. The van der Waals surface area contributed by atoms with Crippen LogP contribution in [-0.4, -0.2) is 22.8 Å². The molecular formula is C16H23N3O2. The van der Waals surface area contributed by atoms with E-state index in [1.165, 1.54) is 0 Å². The van der Waals surface area contributed by atoms with Crippen LogP contribution in [0.5, 0.6) is 11.5 Å². The molecule has 0 aliphatic carbocycles. The molecule has 1 aromatic heterocycles. The minimum Gasteiger partial charge on any atom is -0.490 e. The first-order chi connectivity index (χ1) is 10.2. The quantitative estimate of drug-likeness (QED) is 0.851. The average molecular weight is 289 g/mol. The van der Waals surface area contributed by atoms with Crippen LogP contribution in [0, 0.1) is 0 Å². The number of aryl methyl sites for hydroxylation is 1. The van der Waals surface area contributed by atoms with Gasteiger partial charge in [0.15, 0.2) is 11.5 Å². The van der Waals surface area contributed by atoms with Crippen molar-refractivity contribution in [2.24, 2.45) is 5.73 Å². The van der Waals surface area contributed by atoms with Crippen LogP contribution >= 0.6 is 0 Å². The van der Waals surface area contributed by atoms with E-state index in [1.807, 2.05) is 42.8 Å². The number of hydrogen-bond donors (Lipinski definition) is 1. The number of nitrogens with two attached hydrogens (primary N) is 1. The Morgan fingerprint density at radius 2 is 1.86 bits per heavy atom. The summed E-state index contributed by atoms with van der Waals surface area (Å²) in [6.07, 6.45) is 3.71. The maximum absolute atomic E-state index is 6.35. The molecule has 0 radical (unpaired) electrons. The van der Waals surface area contributed by atoms with Crippen LogP contribution < -0.4 is 15.2 Å². The molecule has 0 fully saturated rings. The van der Waals surface area contributed by atoms with Gasteiger partial charge in [0.2, 0.25) is 0 Å². The van der Waals surface area contributed by atoms with Crippen LogP contribution in [0.4, 0.5) is 0 Å². The summed E-state index contributed by atoms with van der Waals surface area (Å²) in [6, 6.07) is 5.53. The van der Waals surface area contributed by atoms with E-state index < -0.39 is 0 Å². The highest BCUT2D eigenvalue weighted by Crippen LogP contribution is 2.31. The number of imidazole rings is 1. The Labute approximate surface area is 125 Å². The van der Waals surface area contributed by atoms with Crippen molar-refractivity contribution in [2.45, 2.75) is 33.4 Å². The van der Waals surface area contributed by atoms with E-state index in [4.69, 9.17) is 15.2 Å². The largest absolute Gasteiger partial charge is 0.490 e. The Morgan fingerprint density at radius 3 is 2.52 bits per heavy atom. The van der Waals surface area contributed by atoms with Crippen molar-refractivity contribution in [1.29, 1.82) is 0 Å². The summed E-state index contributed by atoms with van der Waals surface area (Å²) in [4.78, 5) is 4.36. The highest BCUT2D eigenvalue weighted by atomic mass is 16.5. The summed E-state index contributed by atoms with van der Waals surface area (Å²) in [6.45, 7) is 8.01. The van der Waals surface area contributed by atoms with Gasteiger partial charge in [0.1, 0.15) is 5.82 Å². The lowest BCUT2D eigenvalue weighted by Gasteiger charge is -2.17. The molecule has 0 bridgehead atoms. The first-order valence-corrected chi connectivity index (χ1v) is 7.37. The van der Waals surface area contributed by atoms with Gasteiger partial charge >= 0.3 is 0 Å². The predicted octanol–water partition coefficient (Wildman–Crippen LogP) is 2.75. The minimum absolute atomic E-state index is 0.283. The fraction of sp³-hybridized carbons (Fsp3) is 0.438. The molecule has 1 atom stereocenters. The Kier molecular flexibility index (Phi) is 5.22. The van der Waals surface area contributed by atoms with Gasteiger partial charge in [-0.1, -0.05) is 6.07 Å². The van der Waals surface area contributed by atoms with Crippen molar-refractivity contribution in [3.05, 3.63) is 42.0 Å². The van der Waals surface area contributed by atoms with E-state index in [1.54, 1.807) is 6.20 Å². The fourth-order valence-electron chi connectivity index (χ4n) is 2.28. The van der Waals surface area contributed by atoms with Crippen molar-refractivity contribution >= 4 is 0 Å². The van der Waals surface area contributed by atoms with E-state index in [9.17, 15) is 0 Å². The lowest BCUT2D eigenvalue weighted by Crippen LogP contribution is -2.17. The number of benzene rings is 1. The molecular weight excluding hydrogens is 266 g/mol. The molecule has 0 saturated carbocycles. The molecule has 2 rings (SSSR count). The van der Waals surface area contributed by atoms with Crippen LogP contribution in [0.25, 0.3) is 0 Å². The van der Waals surface area contributed by atoms with Gasteiger partial charge in [-0.3, -0.25) is 0 Å². The standard InChI is InChI=1S/C16H23N3O2/c1-4-19-10-9-18-16(19)15(17)12-7-8-13(20-5-2)14(11-12)21-6-3/h7-11,15H,4-6,17H2,1-3H3. The predicted molar refractivity (Wildman–Crippen MR) is 82.7 cm³/mol. The molecule has 114 valence electrons. The second-order valence-electron chi connectivity index (χ2n) is 4.62. The van der Waals surface area contributed by atoms with Gasteiger partial charge < -0.3 is 19.8 Å². The molecule has 0 amide bonds. The summed E-state index contributed by atoms with van der Waals surface area (Å²) in [5.41, 5.74) is 7.31. The number of aromatic nitrogens is 2. The van der Waals surface area contributed by atoms with E-state index in [2.05, 4.69) is 11.9 Å². The first kappa shape index (κ1) is 15.4. The summed E-state index contributed by atoms with van der Waals surface area (Å²) in [5, 5.41) is 0. The summed E-state index contributed by atoms with van der Waals surface area (Å²) >= 11 is 0. The molecule has 1 heterocycles. The topological polar surface area (TPSA) is 62.3 Å². The number of nitrogens with zero attached hydrogens (tertiary/aromatic N) is 2. The second kappa shape index (κ2) is 7.13.